The molecule has 2 atom stereocenters. The summed E-state index contributed by atoms with van der Waals surface area (Å²) in [4.78, 5) is 0. The predicted molar refractivity (Wildman–Crippen MR) is 78.9 cm³/mol. The quantitative estimate of drug-likeness (QED) is 0.796. The maximum atomic E-state index is 9.84. The molecule has 3 N–H and O–H groups in total. The number of aliphatic hydroxyl groups is 1. The van der Waals surface area contributed by atoms with Crippen molar-refractivity contribution >= 4 is 35.0 Å². The lowest BCUT2D eigenvalue weighted by Gasteiger charge is -2.18. The molecule has 4 heteroatoms. The molecule has 1 aromatic carbocycles. The second kappa shape index (κ2) is 8.28. The third-order valence-electron chi connectivity index (χ3n) is 2.52. The van der Waals surface area contributed by atoms with Crippen LogP contribution in [0.1, 0.15) is 37.8 Å². The summed E-state index contributed by atoms with van der Waals surface area (Å²) in [6, 6.07) is 7.75. The van der Waals surface area contributed by atoms with Crippen molar-refractivity contribution in [2.75, 3.05) is 0 Å². The maximum absolute atomic E-state index is 9.84. The summed E-state index contributed by atoms with van der Waals surface area (Å²) >= 11 is 2.26. The van der Waals surface area contributed by atoms with E-state index in [1.807, 2.05) is 24.3 Å². The van der Waals surface area contributed by atoms with E-state index in [1.54, 1.807) is 0 Å². The number of rotatable bonds is 5. The number of aliphatic hydroxyl groups excluding tert-OH is 1. The lowest BCUT2D eigenvalue weighted by Crippen LogP contribution is -2.26. The number of hydrogen-bond acceptors (Lipinski definition) is 2. The first-order valence-corrected chi connectivity index (χ1v) is 6.42. The molecule has 0 aliphatic rings. The minimum absolute atomic E-state index is 0. The number of unbranched alkanes of at least 4 members (excludes halogenated alkanes) is 1. The Morgan fingerprint density at radius 3 is 2.38 bits per heavy atom. The van der Waals surface area contributed by atoms with E-state index in [2.05, 4.69) is 29.5 Å². The van der Waals surface area contributed by atoms with Crippen LogP contribution in [0.4, 0.5) is 0 Å². The first-order valence-electron chi connectivity index (χ1n) is 5.34. The molecule has 0 aromatic heterocycles. The summed E-state index contributed by atoms with van der Waals surface area (Å²) in [5.74, 6) is 0. The molecule has 16 heavy (non-hydrogen) atoms. The van der Waals surface area contributed by atoms with Crippen LogP contribution >= 0.6 is 35.0 Å². The largest absolute Gasteiger partial charge is 0.391 e. The highest BCUT2D eigenvalue weighted by molar-refractivity contribution is 14.1. The molecule has 0 saturated carbocycles. The zero-order valence-electron chi connectivity index (χ0n) is 9.40. The van der Waals surface area contributed by atoms with Gasteiger partial charge in [0.1, 0.15) is 0 Å². The van der Waals surface area contributed by atoms with Crippen LogP contribution in [-0.2, 0) is 0 Å². The summed E-state index contributed by atoms with van der Waals surface area (Å²) in [6.45, 7) is 2.11. The summed E-state index contributed by atoms with van der Waals surface area (Å²) < 4.78 is 1.19. The van der Waals surface area contributed by atoms with Gasteiger partial charge in [0.25, 0.3) is 0 Å². The van der Waals surface area contributed by atoms with Crippen molar-refractivity contribution in [3.8, 4) is 0 Å². The average Bonchev–Trinajstić information content (AvgIpc) is 2.26. The van der Waals surface area contributed by atoms with Crippen molar-refractivity contribution < 1.29 is 5.11 Å². The van der Waals surface area contributed by atoms with Crippen LogP contribution in [0.5, 0.6) is 0 Å². The fraction of sp³-hybridized carbons (Fsp3) is 0.500. The molecule has 0 spiro atoms. The molecule has 0 saturated heterocycles. The van der Waals surface area contributed by atoms with Crippen LogP contribution in [-0.4, -0.2) is 11.2 Å². The first-order chi connectivity index (χ1) is 7.15. The summed E-state index contributed by atoms with van der Waals surface area (Å²) in [5.41, 5.74) is 6.99. The van der Waals surface area contributed by atoms with E-state index in [4.69, 9.17) is 5.73 Å². The van der Waals surface area contributed by atoms with E-state index in [1.165, 1.54) is 3.57 Å². The molecule has 1 rings (SSSR count). The number of hydrogen-bond donors (Lipinski definition) is 2. The van der Waals surface area contributed by atoms with Gasteiger partial charge in [0.05, 0.1) is 12.1 Å². The third-order valence-corrected chi connectivity index (χ3v) is 3.24. The number of halogens is 2. The summed E-state index contributed by atoms with van der Waals surface area (Å²) in [7, 11) is 0. The first kappa shape index (κ1) is 16.2. The molecule has 0 radical (unpaired) electrons. The Labute approximate surface area is 117 Å². The minimum atomic E-state index is -0.426. The van der Waals surface area contributed by atoms with Crippen molar-refractivity contribution in [2.24, 2.45) is 5.73 Å². The zero-order chi connectivity index (χ0) is 11.3. The highest BCUT2D eigenvalue weighted by atomic mass is 127. The Morgan fingerprint density at radius 2 is 1.88 bits per heavy atom. The Morgan fingerprint density at radius 1 is 1.31 bits per heavy atom. The lowest BCUT2D eigenvalue weighted by molar-refractivity contribution is 0.132. The van der Waals surface area contributed by atoms with Crippen LogP contribution in [0.15, 0.2) is 24.3 Å². The van der Waals surface area contributed by atoms with Crippen molar-refractivity contribution in [3.05, 3.63) is 33.4 Å². The molecule has 0 fully saturated rings. The van der Waals surface area contributed by atoms with Crippen LogP contribution in [0.2, 0.25) is 0 Å². The second-order valence-corrected chi connectivity index (χ2v) is 5.03. The van der Waals surface area contributed by atoms with Gasteiger partial charge in [0.2, 0.25) is 0 Å². The molecule has 0 heterocycles. The molecular formula is C12H19ClINO. The smallest absolute Gasteiger partial charge is 0.0732 e. The Bertz CT molecular complexity index is 292. The molecule has 0 aliphatic heterocycles. The third kappa shape index (κ3) is 4.99. The zero-order valence-corrected chi connectivity index (χ0v) is 12.4. The number of nitrogens with two attached hydrogens (primary N) is 1. The summed E-state index contributed by atoms with van der Waals surface area (Å²) in [6.07, 6.45) is 2.48. The molecule has 0 unspecified atom stereocenters. The van der Waals surface area contributed by atoms with E-state index < -0.39 is 6.10 Å². The second-order valence-electron chi connectivity index (χ2n) is 3.79. The van der Waals surface area contributed by atoms with Crippen LogP contribution < -0.4 is 5.73 Å². The number of benzene rings is 1. The monoisotopic (exact) mass is 355 g/mol. The Kier molecular flexibility index (Phi) is 8.36. The van der Waals surface area contributed by atoms with E-state index >= 15 is 0 Å². The summed E-state index contributed by atoms with van der Waals surface area (Å²) in [5, 5.41) is 9.84. The fourth-order valence-corrected chi connectivity index (χ4v) is 1.86. The van der Waals surface area contributed by atoms with Gasteiger partial charge in [-0.2, -0.15) is 0 Å². The topological polar surface area (TPSA) is 46.2 Å². The van der Waals surface area contributed by atoms with Crippen LogP contribution in [0, 0.1) is 3.57 Å². The average molecular weight is 356 g/mol. The van der Waals surface area contributed by atoms with Gasteiger partial charge < -0.3 is 10.8 Å². The lowest BCUT2D eigenvalue weighted by atomic mass is 9.99. The Balaban J connectivity index is 0.00000225. The molecule has 92 valence electrons. The van der Waals surface area contributed by atoms with Crippen molar-refractivity contribution in [3.63, 3.8) is 0 Å². The van der Waals surface area contributed by atoms with Gasteiger partial charge in [0, 0.05) is 3.57 Å². The normalized spacial score (nSPS) is 14.0. The van der Waals surface area contributed by atoms with E-state index in [0.29, 0.717) is 0 Å². The van der Waals surface area contributed by atoms with E-state index in [9.17, 15) is 5.11 Å². The van der Waals surface area contributed by atoms with Gasteiger partial charge in [-0.1, -0.05) is 31.9 Å². The predicted octanol–water partition coefficient (Wildman–Crippen LogP) is 3.26. The van der Waals surface area contributed by atoms with E-state index in [-0.39, 0.29) is 18.4 Å². The van der Waals surface area contributed by atoms with Crippen LogP contribution in [0.25, 0.3) is 0 Å². The van der Waals surface area contributed by atoms with E-state index in [0.717, 1.165) is 24.8 Å². The van der Waals surface area contributed by atoms with Crippen molar-refractivity contribution in [1.29, 1.82) is 0 Å². The molecule has 1 aromatic rings. The van der Waals surface area contributed by atoms with Gasteiger partial charge in [-0.3, -0.25) is 0 Å². The van der Waals surface area contributed by atoms with Crippen LogP contribution in [0.3, 0.4) is 0 Å². The standard InChI is InChI=1S/C12H18INO.ClH/c1-2-3-4-11(15)12(14)9-5-7-10(13)8-6-9;/h5-8,11-12,15H,2-4,14H2,1H3;1H/t11-,12+;/m1./s1. The van der Waals surface area contributed by atoms with Crippen molar-refractivity contribution in [2.45, 2.75) is 38.3 Å². The Hall–Kier alpha value is 0.160. The van der Waals surface area contributed by atoms with Crippen molar-refractivity contribution in [1.82, 2.24) is 0 Å². The molecule has 0 amide bonds. The van der Waals surface area contributed by atoms with Gasteiger partial charge in [-0.05, 0) is 46.7 Å². The molecular weight excluding hydrogens is 336 g/mol. The van der Waals surface area contributed by atoms with Gasteiger partial charge in [-0.15, -0.1) is 12.4 Å². The maximum Gasteiger partial charge on any atom is 0.0732 e. The fourth-order valence-electron chi connectivity index (χ4n) is 1.50. The molecule has 0 bridgehead atoms. The molecule has 2 nitrogen and oxygen atoms in total. The SMILES string of the molecule is CCCC[C@@H](O)[C@@H](N)c1ccc(I)cc1.Cl. The van der Waals surface area contributed by atoms with Gasteiger partial charge in [-0.25, -0.2) is 0 Å². The molecule has 0 aliphatic carbocycles. The minimum Gasteiger partial charge on any atom is -0.391 e. The van der Waals surface area contributed by atoms with Gasteiger partial charge in [0.15, 0.2) is 0 Å². The highest BCUT2D eigenvalue weighted by Crippen LogP contribution is 2.19. The van der Waals surface area contributed by atoms with Gasteiger partial charge >= 0.3 is 0 Å². The highest BCUT2D eigenvalue weighted by Gasteiger charge is 2.15.